The lowest BCUT2D eigenvalue weighted by Gasteiger charge is -2.19. The van der Waals surface area contributed by atoms with Crippen LogP contribution in [0.3, 0.4) is 0 Å². The number of hydrazine groups is 1. The number of carbonyl (C=O) groups excluding carboxylic acids is 1. The van der Waals surface area contributed by atoms with Gasteiger partial charge in [-0.15, -0.1) is 0 Å². The third-order valence-corrected chi connectivity index (χ3v) is 5.24. The predicted octanol–water partition coefficient (Wildman–Crippen LogP) is 3.90. The Labute approximate surface area is 160 Å². The van der Waals surface area contributed by atoms with Gasteiger partial charge in [0, 0.05) is 31.2 Å². The highest BCUT2D eigenvalue weighted by Crippen LogP contribution is 2.24. The summed E-state index contributed by atoms with van der Waals surface area (Å²) in [5.74, 6) is -0.132. The van der Waals surface area contributed by atoms with E-state index in [1.165, 1.54) is 11.6 Å². The van der Waals surface area contributed by atoms with E-state index in [1.54, 1.807) is 17.0 Å². The highest BCUT2D eigenvalue weighted by molar-refractivity contribution is 5.95. The van der Waals surface area contributed by atoms with Gasteiger partial charge in [0.2, 0.25) is 0 Å². The number of carbonyl (C=O) groups is 1. The van der Waals surface area contributed by atoms with Gasteiger partial charge in [-0.25, -0.2) is 4.39 Å². The van der Waals surface area contributed by atoms with Crippen molar-refractivity contribution < 1.29 is 9.18 Å². The number of benzene rings is 2. The highest BCUT2D eigenvalue weighted by atomic mass is 19.1. The van der Waals surface area contributed by atoms with E-state index in [1.807, 2.05) is 45.2 Å². The molecule has 0 bridgehead atoms. The number of hydrogen-bond acceptors (Lipinski definition) is 3. The Bertz CT molecular complexity index is 808. The van der Waals surface area contributed by atoms with Gasteiger partial charge in [0.15, 0.2) is 0 Å². The first-order chi connectivity index (χ1) is 12.9. The molecule has 2 aromatic rings. The number of rotatable bonds is 6. The molecule has 1 aliphatic rings. The summed E-state index contributed by atoms with van der Waals surface area (Å²) in [5.41, 5.74) is 10.5. The lowest BCUT2D eigenvalue weighted by atomic mass is 9.99. The maximum atomic E-state index is 13.4. The standard InChI is InChI=1S/C22H28FN3O/c1-15-9-10-20(16(2)12-15)22(27)26(3)11-5-8-19-14-21(25-24-19)17-6-4-7-18(23)13-17/h4,6-7,9-10,12-13,19,21,24-25H,5,8,11,14H2,1-3H3. The summed E-state index contributed by atoms with van der Waals surface area (Å²) in [4.78, 5) is 14.4. The van der Waals surface area contributed by atoms with Crippen molar-refractivity contribution in [2.45, 2.75) is 45.2 Å². The van der Waals surface area contributed by atoms with Gasteiger partial charge in [0.25, 0.3) is 5.91 Å². The predicted molar refractivity (Wildman–Crippen MR) is 106 cm³/mol. The number of aryl methyl sites for hydroxylation is 2. The van der Waals surface area contributed by atoms with Gasteiger partial charge >= 0.3 is 0 Å². The van der Waals surface area contributed by atoms with Crippen molar-refractivity contribution in [1.29, 1.82) is 0 Å². The molecule has 2 aromatic carbocycles. The van der Waals surface area contributed by atoms with Gasteiger partial charge in [-0.3, -0.25) is 15.6 Å². The zero-order valence-electron chi connectivity index (χ0n) is 16.3. The Balaban J connectivity index is 1.46. The lowest BCUT2D eigenvalue weighted by Crippen LogP contribution is -2.32. The number of nitrogens with one attached hydrogen (secondary N) is 2. The summed E-state index contributed by atoms with van der Waals surface area (Å²) < 4.78 is 13.4. The van der Waals surface area contributed by atoms with Gasteiger partial charge in [0.05, 0.1) is 0 Å². The van der Waals surface area contributed by atoms with Gasteiger partial charge in [-0.05, 0) is 62.4 Å². The largest absolute Gasteiger partial charge is 0.342 e. The van der Waals surface area contributed by atoms with Crippen LogP contribution in [0.15, 0.2) is 42.5 Å². The molecule has 2 N–H and O–H groups in total. The summed E-state index contributed by atoms with van der Waals surface area (Å²) in [6.07, 6.45) is 2.80. The summed E-state index contributed by atoms with van der Waals surface area (Å²) >= 11 is 0. The van der Waals surface area contributed by atoms with Crippen LogP contribution in [-0.4, -0.2) is 30.4 Å². The van der Waals surface area contributed by atoms with Gasteiger partial charge in [0.1, 0.15) is 5.82 Å². The molecule has 27 heavy (non-hydrogen) atoms. The zero-order valence-corrected chi connectivity index (χ0v) is 16.3. The number of hydrogen-bond donors (Lipinski definition) is 2. The van der Waals surface area contributed by atoms with E-state index in [0.29, 0.717) is 6.04 Å². The van der Waals surface area contributed by atoms with Crippen molar-refractivity contribution in [3.05, 3.63) is 70.5 Å². The van der Waals surface area contributed by atoms with Crippen LogP contribution in [-0.2, 0) is 0 Å². The Hall–Kier alpha value is -2.24. The maximum absolute atomic E-state index is 13.4. The van der Waals surface area contributed by atoms with Crippen molar-refractivity contribution in [1.82, 2.24) is 15.8 Å². The van der Waals surface area contributed by atoms with Crippen LogP contribution < -0.4 is 10.9 Å². The molecule has 2 atom stereocenters. The van der Waals surface area contributed by atoms with E-state index in [-0.39, 0.29) is 17.8 Å². The number of nitrogens with zero attached hydrogens (tertiary/aromatic N) is 1. The Morgan fingerprint density at radius 1 is 1.19 bits per heavy atom. The van der Waals surface area contributed by atoms with E-state index >= 15 is 0 Å². The van der Waals surface area contributed by atoms with Crippen LogP contribution in [0.4, 0.5) is 4.39 Å². The van der Waals surface area contributed by atoms with Crippen molar-refractivity contribution in [2.75, 3.05) is 13.6 Å². The fraction of sp³-hybridized carbons (Fsp3) is 0.409. The lowest BCUT2D eigenvalue weighted by molar-refractivity contribution is 0.0791. The average molecular weight is 369 g/mol. The first kappa shape index (κ1) is 19.5. The highest BCUT2D eigenvalue weighted by Gasteiger charge is 2.25. The van der Waals surface area contributed by atoms with Crippen LogP contribution >= 0.6 is 0 Å². The maximum Gasteiger partial charge on any atom is 0.253 e. The van der Waals surface area contributed by atoms with Crippen LogP contribution in [0.1, 0.15) is 52.4 Å². The molecule has 1 saturated heterocycles. The zero-order chi connectivity index (χ0) is 19.4. The van der Waals surface area contributed by atoms with E-state index in [2.05, 4.69) is 10.9 Å². The smallest absolute Gasteiger partial charge is 0.253 e. The topological polar surface area (TPSA) is 44.4 Å². The van der Waals surface area contributed by atoms with Crippen LogP contribution in [0.2, 0.25) is 0 Å². The third-order valence-electron chi connectivity index (χ3n) is 5.24. The number of amides is 1. The quantitative estimate of drug-likeness (QED) is 0.812. The van der Waals surface area contributed by atoms with Crippen molar-refractivity contribution in [3.8, 4) is 0 Å². The third kappa shape index (κ3) is 4.93. The first-order valence-electron chi connectivity index (χ1n) is 9.53. The second-order valence-corrected chi connectivity index (χ2v) is 7.52. The SMILES string of the molecule is Cc1ccc(C(=O)N(C)CCCC2CC(c3cccc(F)c3)NN2)c(C)c1. The first-order valence-corrected chi connectivity index (χ1v) is 9.53. The average Bonchev–Trinajstić information content (AvgIpc) is 3.10. The van der Waals surface area contributed by atoms with Gasteiger partial charge in [-0.1, -0.05) is 29.8 Å². The molecular weight excluding hydrogens is 341 g/mol. The Kier molecular flexibility index (Phi) is 6.24. The fourth-order valence-electron chi connectivity index (χ4n) is 3.69. The van der Waals surface area contributed by atoms with Crippen molar-refractivity contribution in [3.63, 3.8) is 0 Å². The molecule has 1 amide bonds. The molecule has 1 aliphatic heterocycles. The molecule has 3 rings (SSSR count). The molecule has 0 radical (unpaired) electrons. The molecule has 1 fully saturated rings. The minimum absolute atomic E-state index is 0.0719. The Morgan fingerprint density at radius 2 is 2.00 bits per heavy atom. The van der Waals surface area contributed by atoms with Crippen LogP contribution in [0.5, 0.6) is 0 Å². The van der Waals surface area contributed by atoms with Crippen LogP contribution in [0, 0.1) is 19.7 Å². The van der Waals surface area contributed by atoms with Crippen molar-refractivity contribution >= 4 is 5.91 Å². The summed E-state index contributed by atoms with van der Waals surface area (Å²) in [7, 11) is 1.86. The molecule has 0 spiro atoms. The minimum atomic E-state index is -0.204. The van der Waals surface area contributed by atoms with Gasteiger partial charge < -0.3 is 4.90 Å². The molecule has 5 heteroatoms. The normalized spacial score (nSPS) is 19.3. The molecule has 2 unspecified atom stereocenters. The molecule has 0 saturated carbocycles. The summed E-state index contributed by atoms with van der Waals surface area (Å²) in [6.45, 7) is 4.73. The second kappa shape index (κ2) is 8.63. The minimum Gasteiger partial charge on any atom is -0.342 e. The van der Waals surface area contributed by atoms with E-state index in [9.17, 15) is 9.18 Å². The number of halogens is 1. The van der Waals surface area contributed by atoms with Crippen LogP contribution in [0.25, 0.3) is 0 Å². The van der Waals surface area contributed by atoms with E-state index in [4.69, 9.17) is 0 Å². The summed E-state index contributed by atoms with van der Waals surface area (Å²) in [5, 5.41) is 0. The second-order valence-electron chi connectivity index (χ2n) is 7.52. The van der Waals surface area contributed by atoms with Crippen molar-refractivity contribution in [2.24, 2.45) is 0 Å². The molecule has 4 nitrogen and oxygen atoms in total. The monoisotopic (exact) mass is 369 g/mol. The van der Waals surface area contributed by atoms with E-state index in [0.717, 1.165) is 42.5 Å². The van der Waals surface area contributed by atoms with E-state index < -0.39 is 0 Å². The summed E-state index contributed by atoms with van der Waals surface area (Å²) in [6, 6.07) is 13.1. The van der Waals surface area contributed by atoms with Gasteiger partial charge in [-0.2, -0.15) is 0 Å². The molecule has 1 heterocycles. The molecule has 0 aromatic heterocycles. The molecule has 144 valence electrons. The molecular formula is C22H28FN3O. The molecule has 0 aliphatic carbocycles. The fourth-order valence-corrected chi connectivity index (χ4v) is 3.69. The Morgan fingerprint density at radius 3 is 2.74 bits per heavy atom.